The summed E-state index contributed by atoms with van der Waals surface area (Å²) in [6, 6.07) is 16.5. The highest BCUT2D eigenvalue weighted by atomic mass is 32.2. The molecule has 0 fully saturated rings. The molecule has 20 heavy (non-hydrogen) atoms. The van der Waals surface area contributed by atoms with Crippen molar-refractivity contribution in [3.8, 4) is 0 Å². The molecule has 0 aliphatic rings. The summed E-state index contributed by atoms with van der Waals surface area (Å²) in [5.41, 5.74) is 3.41. The summed E-state index contributed by atoms with van der Waals surface area (Å²) >= 11 is 1.72. The average Bonchev–Trinajstić information content (AvgIpc) is 2.45. The van der Waals surface area contributed by atoms with Crippen LogP contribution in [0, 0.1) is 0 Å². The van der Waals surface area contributed by atoms with Crippen LogP contribution >= 0.6 is 11.8 Å². The predicted molar refractivity (Wildman–Crippen MR) is 86.5 cm³/mol. The van der Waals surface area contributed by atoms with Crippen molar-refractivity contribution in [2.75, 3.05) is 0 Å². The molecule has 0 atom stereocenters. The maximum Gasteiger partial charge on any atom is 0.151 e. The predicted octanol–water partition coefficient (Wildman–Crippen LogP) is 5.09. The zero-order valence-electron chi connectivity index (χ0n) is 12.2. The van der Waals surface area contributed by atoms with E-state index in [2.05, 4.69) is 45.0 Å². The molecule has 0 saturated carbocycles. The summed E-state index contributed by atoms with van der Waals surface area (Å²) in [4.78, 5) is 12.3. The lowest BCUT2D eigenvalue weighted by atomic mass is 9.87. The summed E-state index contributed by atoms with van der Waals surface area (Å²) < 4.78 is 0. The molecule has 0 N–H and O–H groups in total. The van der Waals surface area contributed by atoms with Gasteiger partial charge in [0.1, 0.15) is 0 Å². The summed E-state index contributed by atoms with van der Waals surface area (Å²) in [6.07, 6.45) is 0.944. The van der Waals surface area contributed by atoms with Gasteiger partial charge in [-0.3, -0.25) is 4.79 Å². The van der Waals surface area contributed by atoms with Crippen LogP contribution in [0.1, 0.15) is 42.3 Å². The lowest BCUT2D eigenvalue weighted by molar-refractivity contribution is 0.112. The van der Waals surface area contributed by atoms with Crippen LogP contribution in [0.4, 0.5) is 0 Å². The van der Waals surface area contributed by atoms with E-state index in [-0.39, 0.29) is 5.41 Å². The summed E-state index contributed by atoms with van der Waals surface area (Å²) in [6.45, 7) is 6.57. The minimum absolute atomic E-state index is 0.101. The molecule has 1 nitrogen and oxygen atoms in total. The number of hydrogen-bond acceptors (Lipinski definition) is 2. The molecule has 2 rings (SSSR count). The SMILES string of the molecule is CC(C)(C)c1ccc(C=O)c(SCc2ccccc2)c1. The molecule has 104 valence electrons. The highest BCUT2D eigenvalue weighted by Crippen LogP contribution is 2.31. The number of hydrogen-bond donors (Lipinski definition) is 0. The van der Waals surface area contributed by atoms with E-state index in [0.717, 1.165) is 22.5 Å². The maximum absolute atomic E-state index is 11.2. The second kappa shape index (κ2) is 6.27. The minimum Gasteiger partial charge on any atom is -0.298 e. The standard InChI is InChI=1S/C18H20OS/c1-18(2,3)16-10-9-15(12-19)17(11-16)20-13-14-7-5-4-6-8-14/h4-12H,13H2,1-3H3. The lowest BCUT2D eigenvalue weighted by Gasteiger charge is -2.20. The lowest BCUT2D eigenvalue weighted by Crippen LogP contribution is -2.11. The molecule has 2 aromatic rings. The summed E-state index contributed by atoms with van der Waals surface area (Å²) in [5, 5.41) is 0. The molecule has 0 radical (unpaired) electrons. The molecule has 0 aliphatic carbocycles. The van der Waals surface area contributed by atoms with Crippen LogP contribution in [0.3, 0.4) is 0 Å². The molecule has 2 aromatic carbocycles. The normalized spacial score (nSPS) is 11.3. The Kier molecular flexibility index (Phi) is 4.66. The van der Waals surface area contributed by atoms with Gasteiger partial charge >= 0.3 is 0 Å². The van der Waals surface area contributed by atoms with Crippen LogP contribution in [0.15, 0.2) is 53.4 Å². The fourth-order valence-electron chi connectivity index (χ4n) is 1.96. The first-order valence-electron chi connectivity index (χ1n) is 6.77. The Morgan fingerprint density at radius 3 is 2.35 bits per heavy atom. The molecule has 0 heterocycles. The van der Waals surface area contributed by atoms with E-state index in [1.165, 1.54) is 11.1 Å². The molecule has 0 aliphatic heterocycles. The quantitative estimate of drug-likeness (QED) is 0.574. The van der Waals surface area contributed by atoms with E-state index < -0.39 is 0 Å². The van der Waals surface area contributed by atoms with Crippen molar-refractivity contribution in [3.63, 3.8) is 0 Å². The first-order valence-corrected chi connectivity index (χ1v) is 7.76. The van der Waals surface area contributed by atoms with Gasteiger partial charge in [0.05, 0.1) is 0 Å². The van der Waals surface area contributed by atoms with Gasteiger partial charge in [-0.05, 0) is 22.6 Å². The largest absolute Gasteiger partial charge is 0.298 e. The van der Waals surface area contributed by atoms with Crippen LogP contribution in [0.25, 0.3) is 0 Å². The second-order valence-electron chi connectivity index (χ2n) is 5.89. The van der Waals surface area contributed by atoms with Crippen LogP contribution < -0.4 is 0 Å². The molecule has 0 aromatic heterocycles. The van der Waals surface area contributed by atoms with Gasteiger partial charge in [-0.1, -0.05) is 63.2 Å². The molecule has 2 heteroatoms. The third-order valence-electron chi connectivity index (χ3n) is 3.24. The highest BCUT2D eigenvalue weighted by Gasteiger charge is 2.15. The van der Waals surface area contributed by atoms with Crippen molar-refractivity contribution in [3.05, 3.63) is 65.2 Å². The molecule has 0 unspecified atom stereocenters. The van der Waals surface area contributed by atoms with Crippen molar-refractivity contribution < 1.29 is 4.79 Å². The molecular formula is C18H20OS. The molecule has 0 saturated heterocycles. The minimum atomic E-state index is 0.101. The van der Waals surface area contributed by atoms with Gasteiger partial charge in [0.15, 0.2) is 6.29 Å². The topological polar surface area (TPSA) is 17.1 Å². The molecule has 0 amide bonds. The fraction of sp³-hybridized carbons (Fsp3) is 0.278. The number of aldehydes is 1. The van der Waals surface area contributed by atoms with E-state index in [1.807, 2.05) is 24.3 Å². The van der Waals surface area contributed by atoms with Gasteiger partial charge in [-0.2, -0.15) is 0 Å². The van der Waals surface area contributed by atoms with E-state index in [0.29, 0.717) is 0 Å². The van der Waals surface area contributed by atoms with Gasteiger partial charge < -0.3 is 0 Å². The Labute approximate surface area is 125 Å². The summed E-state index contributed by atoms with van der Waals surface area (Å²) in [5.74, 6) is 0.884. The van der Waals surface area contributed by atoms with E-state index in [9.17, 15) is 4.79 Å². The van der Waals surface area contributed by atoms with Crippen molar-refractivity contribution in [1.29, 1.82) is 0 Å². The first kappa shape index (κ1) is 14.9. The van der Waals surface area contributed by atoms with Crippen molar-refractivity contribution in [1.82, 2.24) is 0 Å². The van der Waals surface area contributed by atoms with Crippen molar-refractivity contribution >= 4 is 18.0 Å². The van der Waals surface area contributed by atoms with Gasteiger partial charge in [0.25, 0.3) is 0 Å². The van der Waals surface area contributed by atoms with Gasteiger partial charge in [0, 0.05) is 16.2 Å². The van der Waals surface area contributed by atoms with Crippen LogP contribution in [-0.4, -0.2) is 6.29 Å². The average molecular weight is 284 g/mol. The number of carbonyl (C=O) groups is 1. The molecule has 0 spiro atoms. The third-order valence-corrected chi connectivity index (χ3v) is 4.39. The third kappa shape index (κ3) is 3.73. The first-order chi connectivity index (χ1) is 9.50. The fourth-order valence-corrected chi connectivity index (χ4v) is 2.97. The van der Waals surface area contributed by atoms with E-state index in [4.69, 9.17) is 0 Å². The number of carbonyl (C=O) groups excluding carboxylic acids is 1. The van der Waals surface area contributed by atoms with Gasteiger partial charge in [-0.25, -0.2) is 0 Å². The van der Waals surface area contributed by atoms with Crippen molar-refractivity contribution in [2.45, 2.75) is 36.8 Å². The molecule has 0 bridgehead atoms. The number of rotatable bonds is 4. The van der Waals surface area contributed by atoms with Crippen LogP contribution in [0.2, 0.25) is 0 Å². The summed E-state index contributed by atoms with van der Waals surface area (Å²) in [7, 11) is 0. The maximum atomic E-state index is 11.2. The monoisotopic (exact) mass is 284 g/mol. The van der Waals surface area contributed by atoms with Gasteiger partial charge in [0.2, 0.25) is 0 Å². The van der Waals surface area contributed by atoms with Crippen molar-refractivity contribution in [2.24, 2.45) is 0 Å². The Morgan fingerprint density at radius 1 is 1.05 bits per heavy atom. The number of thioether (sulfide) groups is 1. The van der Waals surface area contributed by atoms with Gasteiger partial charge in [-0.15, -0.1) is 11.8 Å². The Morgan fingerprint density at radius 2 is 1.75 bits per heavy atom. The molecular weight excluding hydrogens is 264 g/mol. The smallest absolute Gasteiger partial charge is 0.151 e. The van der Waals surface area contributed by atoms with E-state index >= 15 is 0 Å². The van der Waals surface area contributed by atoms with Crippen LogP contribution in [0.5, 0.6) is 0 Å². The Balaban J connectivity index is 2.23. The zero-order valence-corrected chi connectivity index (χ0v) is 13.0. The highest BCUT2D eigenvalue weighted by molar-refractivity contribution is 7.98. The van der Waals surface area contributed by atoms with E-state index in [1.54, 1.807) is 11.8 Å². The Bertz CT molecular complexity index is 582. The zero-order chi connectivity index (χ0) is 14.6. The number of benzene rings is 2. The second-order valence-corrected chi connectivity index (χ2v) is 6.91. The van der Waals surface area contributed by atoms with Crippen LogP contribution in [-0.2, 0) is 11.2 Å². The Hall–Kier alpha value is -1.54.